The number of carbonyl (C=O) groups is 5. The minimum absolute atomic E-state index is 0.0461. The molecule has 3 aromatic rings. The number of esters is 1. The fourth-order valence-corrected chi connectivity index (χ4v) is 5.43. The number of Topliss-reactive ketones (excluding diaryl/α,β-unsaturated/α-hetero) is 1. The quantitative estimate of drug-likeness (QED) is 0.0632. The Kier molecular flexibility index (Phi) is 8.31. The topological polar surface area (TPSA) is 144 Å². The minimum Gasteiger partial charge on any atom is -0.423 e. The number of hydrogen-bond donors (Lipinski definition) is 0. The molecule has 12 heteroatoms. The highest BCUT2D eigenvalue weighted by Crippen LogP contribution is 2.39. The molecule has 43 heavy (non-hydrogen) atoms. The van der Waals surface area contributed by atoms with E-state index in [2.05, 4.69) is 15.9 Å². The van der Waals surface area contributed by atoms with Crippen LogP contribution in [0.15, 0.2) is 89.4 Å². The fourth-order valence-electron chi connectivity index (χ4n) is 5.17. The number of nitrogens with zero attached hydrogens (tertiary/aromatic N) is 3. The highest BCUT2D eigenvalue weighted by molar-refractivity contribution is 9.10. The van der Waals surface area contributed by atoms with Gasteiger partial charge in [-0.15, -0.1) is 0 Å². The van der Waals surface area contributed by atoms with Gasteiger partial charge in [-0.2, -0.15) is 5.01 Å². The van der Waals surface area contributed by atoms with E-state index in [-0.39, 0.29) is 28.5 Å². The molecule has 1 aliphatic heterocycles. The molecule has 0 bridgehead atoms. The van der Waals surface area contributed by atoms with Gasteiger partial charge in [0.05, 0.1) is 22.3 Å². The van der Waals surface area contributed by atoms with Crippen LogP contribution in [-0.4, -0.2) is 51.0 Å². The Morgan fingerprint density at radius 2 is 1.53 bits per heavy atom. The minimum atomic E-state index is -0.843. The number of halogens is 1. The Hall–Kier alpha value is -4.97. The third kappa shape index (κ3) is 6.00. The fraction of sp³-hybridized carbons (Fsp3) is 0.194. The molecule has 2 aliphatic rings. The zero-order chi connectivity index (χ0) is 30.8. The van der Waals surface area contributed by atoms with Crippen LogP contribution in [0.25, 0.3) is 0 Å². The summed E-state index contributed by atoms with van der Waals surface area (Å²) in [5.41, 5.74) is 0.167. The number of rotatable bonds is 8. The standard InChI is InChI=1S/C31H24BrN3O8/c1-18-3-2-4-25-27(18)30(39)34(29(25)38)33(28(37)20-7-13-23(14-8-20)35(41)42)17-26(36)19-9-15-24(16-10-19)43-31(40)21-5-11-22(32)12-6-21/h2-3,5-16,18,25,27H,4,17H2,1H3/t18-,25-,27-/m1/s1. The summed E-state index contributed by atoms with van der Waals surface area (Å²) in [6.07, 6.45) is 3.98. The SMILES string of the molecule is C[C@@H]1C=CC[C@H]2C(=O)N(N(CC(=O)c3ccc(OC(=O)c4ccc(Br)cc4)cc3)C(=O)c3ccc([N+](=O)[O-])cc3)C(=O)[C@H]12. The Morgan fingerprint density at radius 1 is 0.930 bits per heavy atom. The van der Waals surface area contributed by atoms with Crippen molar-refractivity contribution in [2.45, 2.75) is 13.3 Å². The summed E-state index contributed by atoms with van der Waals surface area (Å²) in [5, 5.41) is 12.6. The second-order valence-electron chi connectivity index (χ2n) is 10.2. The molecule has 3 aromatic carbocycles. The number of ether oxygens (including phenoxy) is 1. The number of nitro groups is 1. The molecule has 218 valence electrons. The molecular weight excluding hydrogens is 622 g/mol. The lowest BCUT2D eigenvalue weighted by atomic mass is 9.78. The first-order chi connectivity index (χ1) is 20.5. The predicted molar refractivity (Wildman–Crippen MR) is 156 cm³/mol. The van der Waals surface area contributed by atoms with E-state index in [1.807, 2.05) is 12.2 Å². The zero-order valence-electron chi connectivity index (χ0n) is 22.7. The molecule has 0 aromatic heterocycles. The lowest BCUT2D eigenvalue weighted by Crippen LogP contribution is -2.52. The molecule has 0 N–H and O–H groups in total. The molecule has 5 rings (SSSR count). The Bertz CT molecular complexity index is 1650. The van der Waals surface area contributed by atoms with Gasteiger partial charge in [-0.05, 0) is 73.0 Å². The normalized spacial score (nSPS) is 19.1. The average Bonchev–Trinajstić information content (AvgIpc) is 3.26. The largest absolute Gasteiger partial charge is 0.423 e. The van der Waals surface area contributed by atoms with Gasteiger partial charge in [-0.3, -0.25) is 29.3 Å². The van der Waals surface area contributed by atoms with Gasteiger partial charge >= 0.3 is 5.97 Å². The van der Waals surface area contributed by atoms with Gasteiger partial charge in [0.15, 0.2) is 5.78 Å². The van der Waals surface area contributed by atoms with Gasteiger partial charge in [0, 0.05) is 27.7 Å². The summed E-state index contributed by atoms with van der Waals surface area (Å²) in [6.45, 7) is 1.15. The third-order valence-corrected chi connectivity index (χ3v) is 7.94. The van der Waals surface area contributed by atoms with Crippen molar-refractivity contribution in [3.05, 3.63) is 116 Å². The van der Waals surface area contributed by atoms with Crippen LogP contribution in [0.1, 0.15) is 44.4 Å². The summed E-state index contributed by atoms with van der Waals surface area (Å²) in [7, 11) is 0. The second-order valence-corrected chi connectivity index (χ2v) is 11.1. The van der Waals surface area contributed by atoms with Crippen molar-refractivity contribution >= 4 is 51.1 Å². The lowest BCUT2D eigenvalue weighted by Gasteiger charge is -2.30. The van der Waals surface area contributed by atoms with Gasteiger partial charge in [0.2, 0.25) is 0 Å². The average molecular weight is 646 g/mol. The Labute approximate surface area is 254 Å². The van der Waals surface area contributed by atoms with Crippen molar-refractivity contribution in [3.63, 3.8) is 0 Å². The van der Waals surface area contributed by atoms with Crippen molar-refractivity contribution in [2.75, 3.05) is 6.54 Å². The van der Waals surface area contributed by atoms with Gasteiger partial charge < -0.3 is 4.74 Å². The number of hydrogen-bond acceptors (Lipinski definition) is 8. The third-order valence-electron chi connectivity index (χ3n) is 7.41. The molecule has 3 atom stereocenters. The summed E-state index contributed by atoms with van der Waals surface area (Å²) >= 11 is 3.30. The van der Waals surface area contributed by atoms with E-state index in [1.54, 1.807) is 31.2 Å². The van der Waals surface area contributed by atoms with Crippen molar-refractivity contribution in [1.29, 1.82) is 0 Å². The highest BCUT2D eigenvalue weighted by atomic mass is 79.9. The maximum atomic E-state index is 13.7. The summed E-state index contributed by atoms with van der Waals surface area (Å²) < 4.78 is 6.17. The molecule has 1 saturated heterocycles. The first-order valence-corrected chi connectivity index (χ1v) is 14.1. The van der Waals surface area contributed by atoms with Gasteiger partial charge in [-0.25, -0.2) is 9.80 Å². The maximum absolute atomic E-state index is 13.7. The molecule has 0 unspecified atom stereocenters. The van der Waals surface area contributed by atoms with Crippen molar-refractivity contribution in [2.24, 2.45) is 17.8 Å². The van der Waals surface area contributed by atoms with E-state index < -0.39 is 52.8 Å². The summed E-state index contributed by atoms with van der Waals surface area (Å²) in [4.78, 5) is 76.9. The van der Waals surface area contributed by atoms with Crippen LogP contribution in [0, 0.1) is 27.9 Å². The van der Waals surface area contributed by atoms with Crippen molar-refractivity contribution in [1.82, 2.24) is 10.0 Å². The first-order valence-electron chi connectivity index (χ1n) is 13.3. The molecule has 1 fully saturated rings. The Balaban J connectivity index is 1.39. The number of fused-ring (bicyclic) bond motifs is 1. The number of ketones is 1. The number of hydrazine groups is 1. The number of allylic oxidation sites excluding steroid dienone is 2. The van der Waals surface area contributed by atoms with Crippen molar-refractivity contribution in [3.8, 4) is 5.75 Å². The van der Waals surface area contributed by atoms with Gasteiger partial charge in [0.25, 0.3) is 23.4 Å². The first kappa shape index (κ1) is 29.5. The molecule has 11 nitrogen and oxygen atoms in total. The van der Waals surface area contributed by atoms with Crippen LogP contribution in [-0.2, 0) is 9.59 Å². The van der Waals surface area contributed by atoms with E-state index in [1.165, 1.54) is 36.4 Å². The molecule has 0 radical (unpaired) electrons. The van der Waals surface area contributed by atoms with Crippen LogP contribution in [0.4, 0.5) is 5.69 Å². The van der Waals surface area contributed by atoms with E-state index in [9.17, 15) is 34.1 Å². The van der Waals surface area contributed by atoms with Gasteiger partial charge in [0.1, 0.15) is 12.3 Å². The van der Waals surface area contributed by atoms with E-state index >= 15 is 0 Å². The lowest BCUT2D eigenvalue weighted by molar-refractivity contribution is -0.384. The molecular formula is C31H24BrN3O8. The predicted octanol–water partition coefficient (Wildman–Crippen LogP) is 5.01. The van der Waals surface area contributed by atoms with Crippen LogP contribution in [0.3, 0.4) is 0 Å². The van der Waals surface area contributed by atoms with E-state index in [0.29, 0.717) is 12.0 Å². The maximum Gasteiger partial charge on any atom is 0.343 e. The molecule has 1 heterocycles. The Morgan fingerprint density at radius 3 is 2.14 bits per heavy atom. The smallest absolute Gasteiger partial charge is 0.343 e. The molecule has 0 spiro atoms. The van der Waals surface area contributed by atoms with Crippen molar-refractivity contribution < 1.29 is 33.6 Å². The molecule has 0 saturated carbocycles. The van der Waals surface area contributed by atoms with E-state index in [4.69, 9.17) is 4.74 Å². The number of imide groups is 1. The molecule has 1 aliphatic carbocycles. The number of carbonyl (C=O) groups excluding carboxylic acids is 5. The van der Waals surface area contributed by atoms with Crippen LogP contribution in [0.2, 0.25) is 0 Å². The van der Waals surface area contributed by atoms with E-state index in [0.717, 1.165) is 26.6 Å². The van der Waals surface area contributed by atoms with Crippen LogP contribution in [0.5, 0.6) is 5.75 Å². The highest BCUT2D eigenvalue weighted by Gasteiger charge is 2.53. The second kappa shape index (κ2) is 12.1. The summed E-state index contributed by atoms with van der Waals surface area (Å²) in [6, 6.07) is 16.9. The number of amides is 3. The zero-order valence-corrected chi connectivity index (χ0v) is 24.3. The number of nitro benzene ring substituents is 1. The molecule has 3 amide bonds. The van der Waals surface area contributed by atoms with Crippen LogP contribution < -0.4 is 4.74 Å². The summed E-state index contributed by atoms with van der Waals surface area (Å²) in [5.74, 6) is -4.64. The van der Waals surface area contributed by atoms with Gasteiger partial charge in [-0.1, -0.05) is 35.0 Å². The van der Waals surface area contributed by atoms with Crippen LogP contribution >= 0.6 is 15.9 Å². The number of benzene rings is 3. The number of non-ortho nitro benzene ring substituents is 1. The monoisotopic (exact) mass is 645 g/mol.